The molecule has 0 saturated carbocycles. The van der Waals surface area contributed by atoms with E-state index in [2.05, 4.69) is 0 Å². The van der Waals surface area contributed by atoms with E-state index in [-0.39, 0.29) is 22.7 Å². The van der Waals surface area contributed by atoms with Crippen LogP contribution in [0.25, 0.3) is 0 Å². The molecule has 0 aromatic heterocycles. The van der Waals surface area contributed by atoms with E-state index in [4.69, 9.17) is 10.2 Å². The highest BCUT2D eigenvalue weighted by Crippen LogP contribution is 2.31. The third kappa shape index (κ3) is 1.29. The zero-order chi connectivity index (χ0) is 9.30. The van der Waals surface area contributed by atoms with E-state index in [1.165, 1.54) is 6.92 Å². The van der Waals surface area contributed by atoms with Crippen LogP contribution in [-0.4, -0.2) is 15.1 Å². The normalized spacial score (nSPS) is 9.75. The molecule has 0 amide bonds. The van der Waals surface area contributed by atoms with Gasteiger partial charge in [0.05, 0.1) is 16.6 Å². The summed E-state index contributed by atoms with van der Waals surface area (Å²) in [5, 5.41) is 28.3. The number of aromatic hydroxyl groups is 2. The number of nitro groups is 1. The highest BCUT2D eigenvalue weighted by molar-refractivity contribution is 5.52. The maximum Gasteiger partial charge on any atom is 0.279 e. The monoisotopic (exact) mass is 169 g/mol. The van der Waals surface area contributed by atoms with Crippen molar-refractivity contribution in [3.63, 3.8) is 0 Å². The molecule has 1 rings (SSSR count). The summed E-state index contributed by atoms with van der Waals surface area (Å²) in [5.74, 6) is -0.591. The lowest BCUT2D eigenvalue weighted by atomic mass is 10.2. The number of nitrogens with zero attached hydrogens (tertiary/aromatic N) is 1. The Kier molecular flexibility index (Phi) is 1.86. The Bertz CT molecular complexity index is 334. The lowest BCUT2D eigenvalue weighted by Gasteiger charge is -2.00. The van der Waals surface area contributed by atoms with Crippen molar-refractivity contribution in [2.24, 2.45) is 0 Å². The number of phenolic OH excluding ortho intramolecular Hbond substituents is 2. The summed E-state index contributed by atoms with van der Waals surface area (Å²) in [6, 6.07) is 2.05. The molecule has 5 heteroatoms. The first-order valence-electron chi connectivity index (χ1n) is 3.19. The van der Waals surface area contributed by atoms with Crippen molar-refractivity contribution in [1.29, 1.82) is 0 Å². The van der Waals surface area contributed by atoms with Gasteiger partial charge in [-0.05, 0) is 6.92 Å². The lowest BCUT2D eigenvalue weighted by Crippen LogP contribution is -1.91. The summed E-state index contributed by atoms with van der Waals surface area (Å²) >= 11 is 0. The van der Waals surface area contributed by atoms with Crippen molar-refractivity contribution in [3.8, 4) is 11.5 Å². The molecule has 0 bridgehead atoms. The molecule has 1 aromatic carbocycles. The predicted molar refractivity (Wildman–Crippen MR) is 41.2 cm³/mol. The molecule has 5 nitrogen and oxygen atoms in total. The Hall–Kier alpha value is -1.78. The van der Waals surface area contributed by atoms with E-state index in [1.807, 2.05) is 0 Å². The molecule has 2 N–H and O–H groups in total. The molecule has 0 aliphatic rings. The van der Waals surface area contributed by atoms with Crippen molar-refractivity contribution in [2.75, 3.05) is 0 Å². The second kappa shape index (κ2) is 2.69. The number of rotatable bonds is 1. The number of hydrogen-bond donors (Lipinski definition) is 2. The minimum atomic E-state index is -0.658. The average molecular weight is 169 g/mol. The quantitative estimate of drug-likeness (QED) is 0.490. The van der Waals surface area contributed by atoms with Gasteiger partial charge in [-0.3, -0.25) is 10.1 Å². The van der Waals surface area contributed by atoms with Gasteiger partial charge in [0.2, 0.25) is 0 Å². The van der Waals surface area contributed by atoms with Gasteiger partial charge in [0, 0.05) is 6.07 Å². The van der Waals surface area contributed by atoms with Crippen LogP contribution in [-0.2, 0) is 0 Å². The fourth-order valence-corrected chi connectivity index (χ4v) is 0.859. The van der Waals surface area contributed by atoms with Crippen LogP contribution in [0.3, 0.4) is 0 Å². The van der Waals surface area contributed by atoms with Crippen LogP contribution < -0.4 is 0 Å². The summed E-state index contributed by atoms with van der Waals surface area (Å²) < 4.78 is 0. The van der Waals surface area contributed by atoms with E-state index >= 15 is 0 Å². The van der Waals surface area contributed by atoms with Crippen LogP contribution in [0, 0.1) is 17.0 Å². The number of hydrogen-bond acceptors (Lipinski definition) is 4. The number of phenols is 2. The minimum absolute atomic E-state index is 0.151. The van der Waals surface area contributed by atoms with Gasteiger partial charge in [-0.1, -0.05) is 0 Å². The summed E-state index contributed by atoms with van der Waals surface area (Å²) in [4.78, 5) is 9.65. The lowest BCUT2D eigenvalue weighted by molar-refractivity contribution is -0.385. The van der Waals surface area contributed by atoms with Gasteiger partial charge in [-0.15, -0.1) is 0 Å². The Morgan fingerprint density at radius 2 is 2.00 bits per heavy atom. The zero-order valence-corrected chi connectivity index (χ0v) is 6.31. The summed E-state index contributed by atoms with van der Waals surface area (Å²) in [6.45, 7) is 1.41. The van der Waals surface area contributed by atoms with Gasteiger partial charge in [0.15, 0.2) is 0 Å². The van der Waals surface area contributed by atoms with Gasteiger partial charge in [-0.25, -0.2) is 0 Å². The highest BCUT2D eigenvalue weighted by Gasteiger charge is 2.14. The first-order valence-corrected chi connectivity index (χ1v) is 3.19. The van der Waals surface area contributed by atoms with Gasteiger partial charge in [-0.2, -0.15) is 0 Å². The van der Waals surface area contributed by atoms with Gasteiger partial charge in [0.25, 0.3) is 5.69 Å². The zero-order valence-electron chi connectivity index (χ0n) is 6.31. The maximum atomic E-state index is 10.3. The molecule has 12 heavy (non-hydrogen) atoms. The molecule has 1 aromatic rings. The van der Waals surface area contributed by atoms with E-state index in [1.54, 1.807) is 0 Å². The largest absolute Gasteiger partial charge is 0.508 e. The molecule has 64 valence electrons. The minimum Gasteiger partial charge on any atom is -0.508 e. The molecular weight excluding hydrogens is 162 g/mol. The van der Waals surface area contributed by atoms with Gasteiger partial charge >= 0.3 is 0 Å². The Morgan fingerprint density at radius 1 is 1.42 bits per heavy atom. The second-order valence-corrected chi connectivity index (χ2v) is 2.37. The van der Waals surface area contributed by atoms with Crippen molar-refractivity contribution in [1.82, 2.24) is 0 Å². The second-order valence-electron chi connectivity index (χ2n) is 2.37. The maximum absolute atomic E-state index is 10.3. The highest BCUT2D eigenvalue weighted by atomic mass is 16.6. The fraction of sp³-hybridized carbons (Fsp3) is 0.143. The molecule has 0 aliphatic heterocycles. The molecule has 0 unspecified atom stereocenters. The molecule has 0 aliphatic carbocycles. The van der Waals surface area contributed by atoms with Crippen molar-refractivity contribution < 1.29 is 15.1 Å². The topological polar surface area (TPSA) is 83.6 Å². The molecule has 0 atom stereocenters. The molecule has 0 saturated heterocycles. The molecule has 0 fully saturated rings. The van der Waals surface area contributed by atoms with E-state index in [0.29, 0.717) is 0 Å². The number of benzene rings is 1. The summed E-state index contributed by atoms with van der Waals surface area (Å²) in [5.41, 5.74) is -0.134. The van der Waals surface area contributed by atoms with Crippen LogP contribution in [0.1, 0.15) is 5.56 Å². The van der Waals surface area contributed by atoms with Crippen LogP contribution in [0.2, 0.25) is 0 Å². The SMILES string of the molecule is Cc1c(O)cc(O)cc1[N+](=O)[O-]. The fourth-order valence-electron chi connectivity index (χ4n) is 0.859. The van der Waals surface area contributed by atoms with Gasteiger partial charge < -0.3 is 10.2 Å². The van der Waals surface area contributed by atoms with Crippen LogP contribution >= 0.6 is 0 Å². The summed E-state index contributed by atoms with van der Waals surface area (Å²) in [6.07, 6.45) is 0. The van der Waals surface area contributed by atoms with Crippen molar-refractivity contribution in [3.05, 3.63) is 27.8 Å². The van der Waals surface area contributed by atoms with E-state index in [9.17, 15) is 10.1 Å². The standard InChI is InChI=1S/C7H7NO4/c1-4-6(8(11)12)2-5(9)3-7(4)10/h2-3,9-10H,1H3. The Balaban J connectivity index is 3.37. The average Bonchev–Trinajstić information content (AvgIpc) is 1.96. The predicted octanol–water partition coefficient (Wildman–Crippen LogP) is 1.31. The Labute approximate surface area is 68.0 Å². The van der Waals surface area contributed by atoms with Crippen molar-refractivity contribution >= 4 is 5.69 Å². The first kappa shape index (κ1) is 8.32. The molecule has 0 spiro atoms. The third-order valence-corrected chi connectivity index (χ3v) is 1.53. The molecule has 0 heterocycles. The van der Waals surface area contributed by atoms with E-state index < -0.39 is 4.92 Å². The van der Waals surface area contributed by atoms with Crippen LogP contribution in [0.15, 0.2) is 12.1 Å². The van der Waals surface area contributed by atoms with Crippen molar-refractivity contribution in [2.45, 2.75) is 6.92 Å². The Morgan fingerprint density at radius 3 is 2.50 bits per heavy atom. The third-order valence-electron chi connectivity index (χ3n) is 1.53. The van der Waals surface area contributed by atoms with Gasteiger partial charge in [0.1, 0.15) is 11.5 Å². The number of nitro benzene ring substituents is 1. The first-order chi connectivity index (χ1) is 5.52. The molecular formula is C7H7NO4. The van der Waals surface area contributed by atoms with Crippen LogP contribution in [0.5, 0.6) is 11.5 Å². The van der Waals surface area contributed by atoms with Crippen LogP contribution in [0.4, 0.5) is 5.69 Å². The summed E-state index contributed by atoms with van der Waals surface area (Å²) in [7, 11) is 0. The van der Waals surface area contributed by atoms with E-state index in [0.717, 1.165) is 12.1 Å². The molecule has 0 radical (unpaired) electrons. The smallest absolute Gasteiger partial charge is 0.279 e.